The van der Waals surface area contributed by atoms with Gasteiger partial charge in [0.2, 0.25) is 0 Å². The number of anilines is 3. The molecule has 0 saturated heterocycles. The predicted octanol–water partition coefficient (Wildman–Crippen LogP) is 15.9. The molecule has 11 aromatic rings. The molecule has 61 heavy (non-hydrogen) atoms. The normalized spacial score (nSPS) is 12.7. The minimum Gasteiger partial charge on any atom is -0.456 e. The van der Waals surface area contributed by atoms with Crippen LogP contribution in [0.5, 0.6) is 0 Å². The minimum atomic E-state index is -0.538. The number of hydrogen-bond acceptors (Lipinski definition) is 2. The number of hydrogen-bond donors (Lipinski definition) is 0. The van der Waals surface area contributed by atoms with Crippen molar-refractivity contribution < 1.29 is 4.42 Å². The van der Waals surface area contributed by atoms with Crippen LogP contribution in [0.25, 0.3) is 66.1 Å². The molecule has 0 saturated carbocycles. The summed E-state index contributed by atoms with van der Waals surface area (Å²) in [5.74, 6) is 0. The van der Waals surface area contributed by atoms with Crippen LogP contribution >= 0.6 is 0 Å². The maximum absolute atomic E-state index is 6.47. The first-order chi connectivity index (χ1) is 30.3. The molecule has 2 heteroatoms. The van der Waals surface area contributed by atoms with Gasteiger partial charge in [0, 0.05) is 27.6 Å². The number of nitrogens with zero attached hydrogens (tertiary/aromatic N) is 1. The highest BCUT2D eigenvalue weighted by Crippen LogP contribution is 2.60. The maximum Gasteiger partial charge on any atom is 0.136 e. The zero-order valence-electron chi connectivity index (χ0n) is 33.4. The van der Waals surface area contributed by atoms with Crippen molar-refractivity contribution in [1.82, 2.24) is 0 Å². The molecule has 0 N–H and O–H groups in total. The van der Waals surface area contributed by atoms with Crippen LogP contribution in [0.4, 0.5) is 17.1 Å². The summed E-state index contributed by atoms with van der Waals surface area (Å²) in [6.45, 7) is 0. The van der Waals surface area contributed by atoms with Gasteiger partial charge in [0.05, 0.1) is 16.8 Å². The quantitative estimate of drug-likeness (QED) is 0.160. The summed E-state index contributed by atoms with van der Waals surface area (Å²) in [5, 5.41) is 4.69. The van der Waals surface area contributed by atoms with Gasteiger partial charge in [-0.2, -0.15) is 0 Å². The van der Waals surface area contributed by atoms with Gasteiger partial charge in [-0.3, -0.25) is 0 Å². The lowest BCUT2D eigenvalue weighted by atomic mass is 9.68. The molecule has 286 valence electrons. The van der Waals surface area contributed by atoms with Gasteiger partial charge in [-0.05, 0) is 97.7 Å². The van der Waals surface area contributed by atoms with Gasteiger partial charge in [-0.25, -0.2) is 0 Å². The van der Waals surface area contributed by atoms with Gasteiger partial charge in [-0.15, -0.1) is 0 Å². The second-order valence-corrected chi connectivity index (χ2v) is 16.0. The summed E-state index contributed by atoms with van der Waals surface area (Å²) >= 11 is 0. The molecule has 0 fully saturated rings. The Balaban J connectivity index is 1.17. The van der Waals surface area contributed by atoms with Crippen molar-refractivity contribution in [1.29, 1.82) is 0 Å². The van der Waals surface area contributed by atoms with Crippen molar-refractivity contribution in [3.63, 3.8) is 0 Å². The zero-order chi connectivity index (χ0) is 40.3. The van der Waals surface area contributed by atoms with Gasteiger partial charge in [0.15, 0.2) is 0 Å². The Morgan fingerprint density at radius 3 is 1.79 bits per heavy atom. The van der Waals surface area contributed by atoms with Crippen molar-refractivity contribution in [3.05, 3.63) is 259 Å². The molecule has 0 radical (unpaired) electrons. The van der Waals surface area contributed by atoms with E-state index in [-0.39, 0.29) is 0 Å². The summed E-state index contributed by atoms with van der Waals surface area (Å²) in [6.07, 6.45) is 0. The maximum atomic E-state index is 6.47. The van der Waals surface area contributed by atoms with E-state index < -0.39 is 5.41 Å². The van der Waals surface area contributed by atoms with E-state index in [1.807, 2.05) is 6.07 Å². The first-order valence-electron chi connectivity index (χ1n) is 21.0. The zero-order valence-corrected chi connectivity index (χ0v) is 33.4. The monoisotopic (exact) mass is 777 g/mol. The second kappa shape index (κ2) is 14.1. The van der Waals surface area contributed by atoms with E-state index >= 15 is 0 Å². The Kier molecular flexibility index (Phi) is 8.11. The molecule has 0 amide bonds. The van der Waals surface area contributed by atoms with Crippen molar-refractivity contribution in [2.24, 2.45) is 0 Å². The van der Waals surface area contributed by atoms with E-state index in [1.54, 1.807) is 0 Å². The molecule has 0 spiro atoms. The van der Waals surface area contributed by atoms with Crippen LogP contribution < -0.4 is 4.90 Å². The van der Waals surface area contributed by atoms with Crippen LogP contribution in [0.1, 0.15) is 22.3 Å². The van der Waals surface area contributed by atoms with E-state index in [0.717, 1.165) is 55.7 Å². The van der Waals surface area contributed by atoms with Gasteiger partial charge >= 0.3 is 0 Å². The van der Waals surface area contributed by atoms with E-state index in [4.69, 9.17) is 4.42 Å². The molecule has 12 rings (SSSR count). The second-order valence-electron chi connectivity index (χ2n) is 16.0. The SMILES string of the molecule is c1ccc(C2(c3ccccc3)c3ccccc3-c3c(N(c4cccc(-c5ccc6ccccc6c5)c4)c4ccccc4-c4cccc5oc6ccccc6c45)cccc32)cc1. The molecule has 1 aliphatic carbocycles. The molecular weight excluding hydrogens is 739 g/mol. The lowest BCUT2D eigenvalue weighted by molar-refractivity contribution is 0.669. The summed E-state index contributed by atoms with van der Waals surface area (Å²) in [5.41, 5.74) is 16.6. The third kappa shape index (κ3) is 5.43. The fourth-order valence-corrected chi connectivity index (χ4v) is 10.2. The van der Waals surface area contributed by atoms with E-state index in [1.165, 1.54) is 49.7 Å². The Bertz CT molecular complexity index is 3400. The third-order valence-corrected chi connectivity index (χ3v) is 12.7. The minimum absolute atomic E-state index is 0.538. The third-order valence-electron chi connectivity index (χ3n) is 12.7. The Morgan fingerprint density at radius 2 is 0.951 bits per heavy atom. The Hall–Kier alpha value is -7.94. The van der Waals surface area contributed by atoms with Crippen molar-refractivity contribution in [3.8, 4) is 33.4 Å². The van der Waals surface area contributed by atoms with Crippen LogP contribution in [0.2, 0.25) is 0 Å². The first-order valence-corrected chi connectivity index (χ1v) is 21.0. The molecule has 1 heterocycles. The molecular formula is C59H39NO. The number of rotatable bonds is 7. The Labute approximate surface area is 355 Å². The molecule has 0 unspecified atom stereocenters. The summed E-state index contributed by atoms with van der Waals surface area (Å²) in [4.78, 5) is 2.50. The highest BCUT2D eigenvalue weighted by molar-refractivity contribution is 6.14. The molecule has 2 nitrogen and oxygen atoms in total. The standard InChI is InChI=1S/C59H39NO/c1-3-21-44(22-4-1)59(45-23-5-2-6-24-45)51-30-12-9-27-49(51)58-52(59)31-17-33-54(58)60(46-25-15-20-42(39-46)43-37-36-40-18-7-8-19-41(40)38-43)53-32-13-10-26-47(53)48-29-16-35-56-57(48)50-28-11-14-34-55(50)61-56/h1-39H. The topological polar surface area (TPSA) is 16.4 Å². The lowest BCUT2D eigenvalue weighted by Gasteiger charge is -2.34. The molecule has 10 aromatic carbocycles. The fourth-order valence-electron chi connectivity index (χ4n) is 10.2. The van der Waals surface area contributed by atoms with Gasteiger partial charge in [0.25, 0.3) is 0 Å². The highest BCUT2D eigenvalue weighted by Gasteiger charge is 2.47. The van der Waals surface area contributed by atoms with E-state index in [9.17, 15) is 0 Å². The molecule has 0 atom stereocenters. The van der Waals surface area contributed by atoms with Crippen molar-refractivity contribution >= 4 is 49.8 Å². The largest absolute Gasteiger partial charge is 0.456 e. The summed E-state index contributed by atoms with van der Waals surface area (Å²) < 4.78 is 6.47. The molecule has 0 aliphatic heterocycles. The smallest absolute Gasteiger partial charge is 0.136 e. The number of para-hydroxylation sites is 2. The first kappa shape index (κ1) is 35.0. The van der Waals surface area contributed by atoms with Crippen molar-refractivity contribution in [2.45, 2.75) is 5.41 Å². The average molecular weight is 778 g/mol. The van der Waals surface area contributed by atoms with Crippen LogP contribution in [-0.4, -0.2) is 0 Å². The number of furan rings is 1. The van der Waals surface area contributed by atoms with Crippen LogP contribution in [0.15, 0.2) is 241 Å². The van der Waals surface area contributed by atoms with Crippen LogP contribution in [-0.2, 0) is 5.41 Å². The fraction of sp³-hybridized carbons (Fsp3) is 0.0169. The number of benzene rings is 10. The van der Waals surface area contributed by atoms with Gasteiger partial charge < -0.3 is 9.32 Å². The van der Waals surface area contributed by atoms with Crippen LogP contribution in [0, 0.1) is 0 Å². The predicted molar refractivity (Wildman–Crippen MR) is 254 cm³/mol. The highest BCUT2D eigenvalue weighted by atomic mass is 16.3. The van der Waals surface area contributed by atoms with Gasteiger partial charge in [-0.1, -0.05) is 194 Å². The molecule has 1 aromatic heterocycles. The number of fused-ring (bicyclic) bond motifs is 7. The molecule has 0 bridgehead atoms. The molecule has 1 aliphatic rings. The summed E-state index contributed by atoms with van der Waals surface area (Å²) in [6, 6.07) is 86.2. The van der Waals surface area contributed by atoms with Crippen LogP contribution in [0.3, 0.4) is 0 Å². The average Bonchev–Trinajstić information content (AvgIpc) is 3.87. The van der Waals surface area contributed by atoms with Gasteiger partial charge in [0.1, 0.15) is 11.2 Å². The van der Waals surface area contributed by atoms with E-state index in [0.29, 0.717) is 0 Å². The van der Waals surface area contributed by atoms with Crippen molar-refractivity contribution in [2.75, 3.05) is 4.90 Å². The lowest BCUT2D eigenvalue weighted by Crippen LogP contribution is -2.28. The van der Waals surface area contributed by atoms with E-state index in [2.05, 4.69) is 235 Å². The Morgan fingerprint density at radius 1 is 0.361 bits per heavy atom. The summed E-state index contributed by atoms with van der Waals surface area (Å²) in [7, 11) is 0.